The van der Waals surface area contributed by atoms with E-state index in [0.717, 1.165) is 22.5 Å². The number of sulfonamides is 1. The van der Waals surface area contributed by atoms with E-state index in [9.17, 15) is 8.42 Å². The highest BCUT2D eigenvalue weighted by Crippen LogP contribution is 2.23. The average molecular weight is 321 g/mol. The Morgan fingerprint density at radius 3 is 2.18 bits per heavy atom. The first-order valence-corrected chi connectivity index (χ1v) is 8.70. The second-order valence-electron chi connectivity index (χ2n) is 6.51. The SMILES string of the molecule is Cc1n[nH]c(C)c1CNS(=O)(=O)c1ccc(C(C)(C)C)cc1. The summed E-state index contributed by atoms with van der Waals surface area (Å²) in [6, 6.07) is 7.03. The Bertz CT molecular complexity index is 734. The lowest BCUT2D eigenvalue weighted by atomic mass is 9.87. The van der Waals surface area contributed by atoms with Crippen molar-refractivity contribution in [2.24, 2.45) is 0 Å². The first kappa shape index (κ1) is 16.7. The van der Waals surface area contributed by atoms with Crippen LogP contribution < -0.4 is 4.72 Å². The van der Waals surface area contributed by atoms with Gasteiger partial charge in [0.25, 0.3) is 0 Å². The molecule has 2 aromatic rings. The molecule has 0 radical (unpaired) electrons. The highest BCUT2D eigenvalue weighted by atomic mass is 32.2. The third-order valence-corrected chi connectivity index (χ3v) is 5.17. The lowest BCUT2D eigenvalue weighted by Crippen LogP contribution is -2.24. The van der Waals surface area contributed by atoms with Gasteiger partial charge in [-0.2, -0.15) is 5.10 Å². The van der Waals surface area contributed by atoms with Crippen molar-refractivity contribution in [2.75, 3.05) is 0 Å². The lowest BCUT2D eigenvalue weighted by molar-refractivity contribution is 0.578. The second-order valence-corrected chi connectivity index (χ2v) is 8.28. The molecule has 5 nitrogen and oxygen atoms in total. The first-order chi connectivity index (χ1) is 10.1. The lowest BCUT2D eigenvalue weighted by Gasteiger charge is -2.19. The van der Waals surface area contributed by atoms with Gasteiger partial charge in [0.15, 0.2) is 0 Å². The van der Waals surface area contributed by atoms with Crippen molar-refractivity contribution in [3.8, 4) is 0 Å². The van der Waals surface area contributed by atoms with Crippen LogP contribution in [0.3, 0.4) is 0 Å². The minimum atomic E-state index is -3.52. The molecule has 0 spiro atoms. The van der Waals surface area contributed by atoms with Gasteiger partial charge in [0, 0.05) is 17.8 Å². The van der Waals surface area contributed by atoms with Gasteiger partial charge in [-0.15, -0.1) is 0 Å². The zero-order valence-electron chi connectivity index (χ0n) is 13.7. The maximum Gasteiger partial charge on any atom is 0.240 e. The van der Waals surface area contributed by atoms with Gasteiger partial charge in [0.2, 0.25) is 10.0 Å². The molecule has 0 unspecified atom stereocenters. The number of hydrogen-bond acceptors (Lipinski definition) is 3. The maximum atomic E-state index is 12.4. The molecular formula is C16H23N3O2S. The van der Waals surface area contributed by atoms with Crippen molar-refractivity contribution in [1.29, 1.82) is 0 Å². The molecule has 1 heterocycles. The first-order valence-electron chi connectivity index (χ1n) is 7.22. The molecule has 0 aliphatic rings. The third kappa shape index (κ3) is 3.56. The van der Waals surface area contributed by atoms with Crippen molar-refractivity contribution in [2.45, 2.75) is 51.5 Å². The summed E-state index contributed by atoms with van der Waals surface area (Å²) in [5, 5.41) is 6.92. The predicted molar refractivity (Wildman–Crippen MR) is 87.2 cm³/mol. The van der Waals surface area contributed by atoms with Gasteiger partial charge in [-0.1, -0.05) is 32.9 Å². The van der Waals surface area contributed by atoms with Gasteiger partial charge in [-0.25, -0.2) is 13.1 Å². The summed E-state index contributed by atoms with van der Waals surface area (Å²) in [6.45, 7) is 10.3. The van der Waals surface area contributed by atoms with E-state index < -0.39 is 10.0 Å². The molecular weight excluding hydrogens is 298 g/mol. The average Bonchev–Trinajstić information content (AvgIpc) is 2.75. The van der Waals surface area contributed by atoms with Crippen molar-refractivity contribution in [3.05, 3.63) is 46.8 Å². The second kappa shape index (κ2) is 5.85. The molecule has 120 valence electrons. The molecule has 22 heavy (non-hydrogen) atoms. The zero-order valence-corrected chi connectivity index (χ0v) is 14.5. The summed E-state index contributed by atoms with van der Waals surface area (Å²) in [6.07, 6.45) is 0. The van der Waals surface area contributed by atoms with E-state index in [1.165, 1.54) is 0 Å². The molecule has 6 heteroatoms. The summed E-state index contributed by atoms with van der Waals surface area (Å²) < 4.78 is 27.4. The van der Waals surface area contributed by atoms with Crippen LogP contribution in [0.2, 0.25) is 0 Å². The van der Waals surface area contributed by atoms with Crippen LogP contribution in [0.4, 0.5) is 0 Å². The minimum Gasteiger partial charge on any atom is -0.282 e. The zero-order chi connectivity index (χ0) is 16.5. The van der Waals surface area contributed by atoms with Crippen LogP contribution >= 0.6 is 0 Å². The fraction of sp³-hybridized carbons (Fsp3) is 0.438. The third-order valence-electron chi connectivity index (χ3n) is 3.75. The van der Waals surface area contributed by atoms with E-state index in [-0.39, 0.29) is 16.9 Å². The number of aromatic amines is 1. The quantitative estimate of drug-likeness (QED) is 0.909. The molecule has 0 amide bonds. The summed E-state index contributed by atoms with van der Waals surface area (Å²) >= 11 is 0. The highest BCUT2D eigenvalue weighted by molar-refractivity contribution is 7.89. The highest BCUT2D eigenvalue weighted by Gasteiger charge is 2.18. The number of aryl methyl sites for hydroxylation is 2. The number of rotatable bonds is 4. The smallest absolute Gasteiger partial charge is 0.240 e. The van der Waals surface area contributed by atoms with Crippen molar-refractivity contribution in [3.63, 3.8) is 0 Å². The number of aromatic nitrogens is 2. The molecule has 0 saturated heterocycles. The minimum absolute atomic E-state index is 0.000731. The molecule has 0 aliphatic carbocycles. The van der Waals surface area contributed by atoms with Gasteiger partial charge in [0.05, 0.1) is 10.6 Å². The van der Waals surface area contributed by atoms with E-state index >= 15 is 0 Å². The van der Waals surface area contributed by atoms with Crippen LogP contribution in [0.5, 0.6) is 0 Å². The van der Waals surface area contributed by atoms with Crippen molar-refractivity contribution >= 4 is 10.0 Å². The van der Waals surface area contributed by atoms with Crippen molar-refractivity contribution < 1.29 is 8.42 Å². The topological polar surface area (TPSA) is 74.8 Å². The van der Waals surface area contributed by atoms with Gasteiger partial charge < -0.3 is 0 Å². The molecule has 0 aliphatic heterocycles. The van der Waals surface area contributed by atoms with Gasteiger partial charge in [-0.05, 0) is 37.0 Å². The summed E-state index contributed by atoms with van der Waals surface area (Å²) in [5.74, 6) is 0. The number of nitrogens with one attached hydrogen (secondary N) is 2. The van der Waals surface area contributed by atoms with E-state index in [0.29, 0.717) is 0 Å². The Labute approximate surface area is 132 Å². The Balaban J connectivity index is 2.17. The molecule has 1 aromatic carbocycles. The van der Waals surface area contributed by atoms with Gasteiger partial charge >= 0.3 is 0 Å². The number of hydrogen-bond donors (Lipinski definition) is 2. The van der Waals surface area contributed by atoms with Crippen LogP contribution in [0, 0.1) is 13.8 Å². The van der Waals surface area contributed by atoms with Gasteiger partial charge in [0.1, 0.15) is 0 Å². The summed E-state index contributed by atoms with van der Waals surface area (Å²) in [4.78, 5) is 0.277. The maximum absolute atomic E-state index is 12.4. The summed E-state index contributed by atoms with van der Waals surface area (Å²) in [5.41, 5.74) is 3.68. The van der Waals surface area contributed by atoms with E-state index in [4.69, 9.17) is 0 Å². The normalized spacial score (nSPS) is 12.6. The van der Waals surface area contributed by atoms with E-state index in [1.54, 1.807) is 12.1 Å². The van der Waals surface area contributed by atoms with E-state index in [2.05, 4.69) is 35.7 Å². The standard InChI is InChI=1S/C16H23N3O2S/c1-11-15(12(2)19-18-11)10-17-22(20,21)14-8-6-13(7-9-14)16(3,4)5/h6-9,17H,10H2,1-5H3,(H,18,19). The largest absolute Gasteiger partial charge is 0.282 e. The van der Waals surface area contributed by atoms with Crippen LogP contribution in [-0.4, -0.2) is 18.6 Å². The van der Waals surface area contributed by atoms with Crippen LogP contribution in [0.25, 0.3) is 0 Å². The number of H-pyrrole nitrogens is 1. The molecule has 2 N–H and O–H groups in total. The van der Waals surface area contributed by atoms with E-state index in [1.807, 2.05) is 26.0 Å². The van der Waals surface area contributed by atoms with Crippen molar-refractivity contribution in [1.82, 2.24) is 14.9 Å². The van der Waals surface area contributed by atoms with Gasteiger partial charge in [-0.3, -0.25) is 5.10 Å². The monoisotopic (exact) mass is 321 g/mol. The molecule has 0 saturated carbocycles. The number of nitrogens with zero attached hydrogens (tertiary/aromatic N) is 1. The molecule has 0 fully saturated rings. The Hall–Kier alpha value is -1.66. The summed E-state index contributed by atoms with van der Waals surface area (Å²) in [7, 11) is -3.52. The fourth-order valence-corrected chi connectivity index (χ4v) is 3.21. The van der Waals surface area contributed by atoms with Crippen LogP contribution in [-0.2, 0) is 22.0 Å². The Morgan fingerprint density at radius 2 is 1.73 bits per heavy atom. The molecule has 0 atom stereocenters. The number of benzene rings is 1. The Kier molecular flexibility index (Phi) is 4.44. The molecule has 2 rings (SSSR count). The fourth-order valence-electron chi connectivity index (χ4n) is 2.22. The predicted octanol–water partition coefficient (Wildman–Crippen LogP) is 2.80. The molecule has 0 bridgehead atoms. The Morgan fingerprint density at radius 1 is 1.14 bits per heavy atom. The van der Waals surface area contributed by atoms with Crippen LogP contribution in [0.1, 0.15) is 43.3 Å². The molecule has 1 aromatic heterocycles. The van der Waals surface area contributed by atoms with Crippen LogP contribution in [0.15, 0.2) is 29.2 Å².